The average Bonchev–Trinajstić information content (AvgIpc) is 2.46. The van der Waals surface area contributed by atoms with E-state index in [4.69, 9.17) is 16.3 Å². The van der Waals surface area contributed by atoms with E-state index in [1.54, 1.807) is 12.1 Å². The molecule has 0 aliphatic carbocycles. The Morgan fingerprint density at radius 3 is 2.67 bits per heavy atom. The van der Waals surface area contributed by atoms with Crippen molar-refractivity contribution in [2.75, 3.05) is 5.32 Å². The highest BCUT2D eigenvalue weighted by atomic mass is 35.5. The fourth-order valence-corrected chi connectivity index (χ4v) is 2.14. The molecule has 1 atom stereocenters. The van der Waals surface area contributed by atoms with E-state index in [9.17, 15) is 4.79 Å². The number of nitrogens with one attached hydrogen (secondary N) is 1. The minimum absolute atomic E-state index is 0.178. The highest BCUT2D eigenvalue weighted by Crippen LogP contribution is 2.25. The molecule has 0 saturated carbocycles. The highest BCUT2D eigenvalue weighted by molar-refractivity contribution is 6.32. The minimum Gasteiger partial charge on any atom is -0.479 e. The van der Waals surface area contributed by atoms with E-state index in [-0.39, 0.29) is 5.91 Å². The van der Waals surface area contributed by atoms with Gasteiger partial charge in [-0.1, -0.05) is 42.8 Å². The number of hydrogen-bond donors (Lipinski definition) is 1. The van der Waals surface area contributed by atoms with Gasteiger partial charge in [0.05, 0.1) is 5.02 Å². The van der Waals surface area contributed by atoms with Crippen molar-refractivity contribution in [2.45, 2.75) is 26.4 Å². The topological polar surface area (TPSA) is 38.3 Å². The Kier molecular flexibility index (Phi) is 5.23. The quantitative estimate of drug-likeness (QED) is 0.886. The van der Waals surface area contributed by atoms with Crippen LogP contribution in [0, 0.1) is 6.92 Å². The smallest absolute Gasteiger partial charge is 0.265 e. The molecule has 0 spiro atoms. The third-order valence-corrected chi connectivity index (χ3v) is 3.37. The molecule has 0 radical (unpaired) electrons. The molecule has 2 aromatic carbocycles. The lowest BCUT2D eigenvalue weighted by Gasteiger charge is -2.18. The first-order valence-electron chi connectivity index (χ1n) is 6.89. The van der Waals surface area contributed by atoms with Crippen LogP contribution in [0.1, 0.15) is 18.9 Å². The highest BCUT2D eigenvalue weighted by Gasteiger charge is 2.19. The molecule has 2 rings (SSSR count). The number of amides is 1. The number of para-hydroxylation sites is 1. The van der Waals surface area contributed by atoms with Gasteiger partial charge in [0.2, 0.25) is 0 Å². The number of carbonyl (C=O) groups excluding carboxylic acids is 1. The number of ether oxygens (including phenoxy) is 1. The molecule has 0 saturated heterocycles. The van der Waals surface area contributed by atoms with Crippen molar-refractivity contribution in [3.8, 4) is 5.75 Å². The Balaban J connectivity index is 2.07. The molecule has 0 heterocycles. The van der Waals surface area contributed by atoms with Crippen LogP contribution >= 0.6 is 11.6 Å². The van der Waals surface area contributed by atoms with Gasteiger partial charge in [0.15, 0.2) is 6.10 Å². The molecule has 0 fully saturated rings. The van der Waals surface area contributed by atoms with Gasteiger partial charge in [-0.2, -0.15) is 0 Å². The van der Waals surface area contributed by atoms with Gasteiger partial charge in [-0.25, -0.2) is 0 Å². The van der Waals surface area contributed by atoms with Crippen LogP contribution in [-0.4, -0.2) is 12.0 Å². The number of hydrogen-bond acceptors (Lipinski definition) is 2. The zero-order valence-electron chi connectivity index (χ0n) is 12.1. The second-order valence-electron chi connectivity index (χ2n) is 4.80. The standard InChI is InChI=1S/C17H18ClNO2/c1-3-15(21-16-10-5-4-9-14(16)18)17(20)19-13-8-6-7-12(2)11-13/h4-11,15H,3H2,1-2H3,(H,19,20). The van der Waals surface area contributed by atoms with Crippen LogP contribution in [0.4, 0.5) is 5.69 Å². The lowest BCUT2D eigenvalue weighted by atomic mass is 10.2. The molecule has 0 bridgehead atoms. The van der Waals surface area contributed by atoms with Gasteiger partial charge in [-0.15, -0.1) is 0 Å². The molecular weight excluding hydrogens is 286 g/mol. The summed E-state index contributed by atoms with van der Waals surface area (Å²) in [7, 11) is 0. The summed E-state index contributed by atoms with van der Waals surface area (Å²) >= 11 is 6.05. The Morgan fingerprint density at radius 1 is 1.24 bits per heavy atom. The van der Waals surface area contributed by atoms with Gasteiger partial charge in [-0.3, -0.25) is 4.79 Å². The van der Waals surface area contributed by atoms with E-state index >= 15 is 0 Å². The molecule has 0 aromatic heterocycles. The maximum Gasteiger partial charge on any atom is 0.265 e. The monoisotopic (exact) mass is 303 g/mol. The predicted molar refractivity (Wildman–Crippen MR) is 86.0 cm³/mol. The lowest BCUT2D eigenvalue weighted by Crippen LogP contribution is -2.32. The number of halogens is 1. The number of carbonyl (C=O) groups is 1. The van der Waals surface area contributed by atoms with Crippen LogP contribution in [-0.2, 0) is 4.79 Å². The summed E-state index contributed by atoms with van der Waals surface area (Å²) < 4.78 is 5.71. The summed E-state index contributed by atoms with van der Waals surface area (Å²) in [5, 5.41) is 3.37. The van der Waals surface area contributed by atoms with Gasteiger partial charge in [-0.05, 0) is 43.2 Å². The maximum atomic E-state index is 12.3. The van der Waals surface area contributed by atoms with Gasteiger partial charge in [0, 0.05) is 5.69 Å². The van der Waals surface area contributed by atoms with Crippen molar-refractivity contribution >= 4 is 23.2 Å². The largest absolute Gasteiger partial charge is 0.479 e. The zero-order chi connectivity index (χ0) is 15.2. The molecule has 0 aliphatic rings. The van der Waals surface area contributed by atoms with Crippen LogP contribution in [0.2, 0.25) is 5.02 Å². The van der Waals surface area contributed by atoms with Crippen molar-refractivity contribution in [3.63, 3.8) is 0 Å². The summed E-state index contributed by atoms with van der Waals surface area (Å²) in [6.07, 6.45) is -0.0199. The Hall–Kier alpha value is -2.00. The molecule has 1 unspecified atom stereocenters. The van der Waals surface area contributed by atoms with Crippen LogP contribution in [0.3, 0.4) is 0 Å². The average molecular weight is 304 g/mol. The normalized spacial score (nSPS) is 11.8. The molecule has 3 nitrogen and oxygen atoms in total. The summed E-state index contributed by atoms with van der Waals surface area (Å²) in [6, 6.07) is 14.8. The molecule has 1 amide bonds. The van der Waals surface area contributed by atoms with E-state index in [0.29, 0.717) is 17.2 Å². The maximum absolute atomic E-state index is 12.3. The van der Waals surface area contributed by atoms with Crippen LogP contribution in [0.15, 0.2) is 48.5 Å². The van der Waals surface area contributed by atoms with Crippen molar-refractivity contribution < 1.29 is 9.53 Å². The Labute approximate surface area is 129 Å². The van der Waals surface area contributed by atoms with Gasteiger partial charge < -0.3 is 10.1 Å². The third-order valence-electron chi connectivity index (χ3n) is 3.05. The molecular formula is C17H18ClNO2. The first-order chi connectivity index (χ1) is 10.1. The van der Waals surface area contributed by atoms with Crippen molar-refractivity contribution in [1.82, 2.24) is 0 Å². The predicted octanol–water partition coefficient (Wildman–Crippen LogP) is 4.44. The first kappa shape index (κ1) is 15.4. The number of aryl methyl sites for hydroxylation is 1. The number of rotatable bonds is 5. The van der Waals surface area contributed by atoms with E-state index in [0.717, 1.165) is 11.3 Å². The van der Waals surface area contributed by atoms with Gasteiger partial charge in [0.25, 0.3) is 5.91 Å². The van der Waals surface area contributed by atoms with E-state index in [1.165, 1.54) is 0 Å². The second-order valence-corrected chi connectivity index (χ2v) is 5.21. The van der Waals surface area contributed by atoms with Crippen molar-refractivity contribution in [1.29, 1.82) is 0 Å². The third kappa shape index (κ3) is 4.23. The summed E-state index contributed by atoms with van der Waals surface area (Å²) in [5.41, 5.74) is 1.86. The SMILES string of the molecule is CCC(Oc1ccccc1Cl)C(=O)Nc1cccc(C)c1. The number of anilines is 1. The lowest BCUT2D eigenvalue weighted by molar-refractivity contribution is -0.122. The Bertz CT molecular complexity index is 628. The van der Waals surface area contributed by atoms with Crippen molar-refractivity contribution in [2.24, 2.45) is 0 Å². The minimum atomic E-state index is -0.578. The molecule has 4 heteroatoms. The zero-order valence-corrected chi connectivity index (χ0v) is 12.9. The van der Waals surface area contributed by atoms with Crippen LogP contribution in [0.5, 0.6) is 5.75 Å². The number of benzene rings is 2. The van der Waals surface area contributed by atoms with E-state index < -0.39 is 6.10 Å². The van der Waals surface area contributed by atoms with Gasteiger partial charge in [0.1, 0.15) is 5.75 Å². The second kappa shape index (κ2) is 7.14. The molecule has 2 aromatic rings. The fraction of sp³-hybridized carbons (Fsp3) is 0.235. The summed E-state index contributed by atoms with van der Waals surface area (Å²) in [6.45, 7) is 3.88. The fourth-order valence-electron chi connectivity index (χ4n) is 1.96. The molecule has 1 N–H and O–H groups in total. The molecule has 110 valence electrons. The van der Waals surface area contributed by atoms with Crippen LogP contribution < -0.4 is 10.1 Å². The van der Waals surface area contributed by atoms with E-state index in [1.807, 2.05) is 50.2 Å². The van der Waals surface area contributed by atoms with E-state index in [2.05, 4.69) is 5.32 Å². The first-order valence-corrected chi connectivity index (χ1v) is 7.26. The molecule has 0 aliphatic heterocycles. The van der Waals surface area contributed by atoms with Crippen LogP contribution in [0.25, 0.3) is 0 Å². The Morgan fingerprint density at radius 2 is 2.00 bits per heavy atom. The van der Waals surface area contributed by atoms with Crippen molar-refractivity contribution in [3.05, 3.63) is 59.1 Å². The van der Waals surface area contributed by atoms with Gasteiger partial charge >= 0.3 is 0 Å². The summed E-state index contributed by atoms with van der Waals surface area (Å²) in [4.78, 5) is 12.3. The summed E-state index contributed by atoms with van der Waals surface area (Å²) in [5.74, 6) is 0.341. The molecule has 21 heavy (non-hydrogen) atoms.